The van der Waals surface area contributed by atoms with Crippen molar-refractivity contribution in [2.45, 2.75) is 165 Å². The Labute approximate surface area is 196 Å². The summed E-state index contributed by atoms with van der Waals surface area (Å²) in [5.41, 5.74) is 0. The highest BCUT2D eigenvalue weighted by atomic mass is 16.7. The lowest BCUT2D eigenvalue weighted by Crippen LogP contribution is -2.68. The van der Waals surface area contributed by atoms with Gasteiger partial charge in [0.05, 0.1) is 0 Å². The van der Waals surface area contributed by atoms with Crippen molar-refractivity contribution in [2.24, 2.45) is 0 Å². The highest BCUT2D eigenvalue weighted by Gasteiger charge is 2.60. The van der Waals surface area contributed by atoms with E-state index in [1.807, 2.05) is 0 Å². The third-order valence-corrected chi connectivity index (χ3v) is 7.17. The minimum atomic E-state index is -3.40. The lowest BCUT2D eigenvalue weighted by Gasteiger charge is -2.43. The number of aliphatic hydroxyl groups is 6. The lowest BCUT2D eigenvalue weighted by molar-refractivity contribution is -0.454. The molecule has 192 valence electrons. The lowest BCUT2D eigenvalue weighted by atomic mass is 9.88. The van der Waals surface area contributed by atoms with Crippen molar-refractivity contribution < 1.29 is 30.6 Å². The molecule has 1 aliphatic rings. The van der Waals surface area contributed by atoms with Crippen LogP contribution in [0.1, 0.15) is 148 Å². The van der Waals surface area contributed by atoms with Gasteiger partial charge < -0.3 is 30.6 Å². The molecule has 0 unspecified atom stereocenters. The van der Waals surface area contributed by atoms with E-state index >= 15 is 0 Å². The summed E-state index contributed by atoms with van der Waals surface area (Å²) in [6.45, 7) is 0. The molecule has 32 heavy (non-hydrogen) atoms. The molecule has 0 saturated heterocycles. The second-order valence-electron chi connectivity index (χ2n) is 10.2. The molecule has 0 aromatic carbocycles. The van der Waals surface area contributed by atoms with Crippen molar-refractivity contribution in [3.8, 4) is 0 Å². The standard InChI is InChI=1S/C26H52O6/c27-24(28)22-20-18-16-14-12-10-8-6-4-2-1-3-5-7-9-11-13-15-17-19-21-23-25(29,30)26(24,31)32/h27-32H,1-23H2. The number of rotatable bonds is 0. The van der Waals surface area contributed by atoms with Crippen LogP contribution in [0.4, 0.5) is 0 Å². The summed E-state index contributed by atoms with van der Waals surface area (Å²) in [5.74, 6) is -9.34. The van der Waals surface area contributed by atoms with Crippen molar-refractivity contribution in [3.05, 3.63) is 0 Å². The van der Waals surface area contributed by atoms with Crippen LogP contribution in [0.5, 0.6) is 0 Å². The van der Waals surface area contributed by atoms with E-state index in [0.717, 1.165) is 38.5 Å². The van der Waals surface area contributed by atoms with E-state index in [1.165, 1.54) is 83.5 Å². The van der Waals surface area contributed by atoms with Gasteiger partial charge in [0.15, 0.2) is 0 Å². The highest BCUT2D eigenvalue weighted by Crippen LogP contribution is 2.35. The summed E-state index contributed by atoms with van der Waals surface area (Å²) in [6.07, 6.45) is 22.5. The zero-order valence-corrected chi connectivity index (χ0v) is 20.4. The van der Waals surface area contributed by atoms with E-state index in [2.05, 4.69) is 0 Å². The molecule has 0 aliphatic heterocycles. The van der Waals surface area contributed by atoms with Crippen molar-refractivity contribution in [1.29, 1.82) is 0 Å². The van der Waals surface area contributed by atoms with E-state index in [-0.39, 0.29) is 12.8 Å². The zero-order valence-electron chi connectivity index (χ0n) is 20.4. The van der Waals surface area contributed by atoms with Crippen LogP contribution in [0.3, 0.4) is 0 Å². The first kappa shape index (κ1) is 29.8. The predicted molar refractivity (Wildman–Crippen MR) is 128 cm³/mol. The van der Waals surface area contributed by atoms with Crippen LogP contribution in [0.2, 0.25) is 0 Å². The molecule has 1 fully saturated rings. The second kappa shape index (κ2) is 16.4. The van der Waals surface area contributed by atoms with Gasteiger partial charge in [-0.1, -0.05) is 122 Å². The smallest absolute Gasteiger partial charge is 0.274 e. The van der Waals surface area contributed by atoms with E-state index < -0.39 is 17.4 Å². The Balaban J connectivity index is 2.46. The topological polar surface area (TPSA) is 121 Å². The molecular formula is C26H52O6. The van der Waals surface area contributed by atoms with Crippen LogP contribution in [0, 0.1) is 0 Å². The average molecular weight is 461 g/mol. The summed E-state index contributed by atoms with van der Waals surface area (Å²) in [4.78, 5) is 0. The first-order valence-electron chi connectivity index (χ1n) is 13.5. The molecule has 0 bridgehead atoms. The Hall–Kier alpha value is -0.240. The Morgan fingerprint density at radius 3 is 0.594 bits per heavy atom. The van der Waals surface area contributed by atoms with Crippen LogP contribution < -0.4 is 0 Å². The molecule has 0 atom stereocenters. The van der Waals surface area contributed by atoms with E-state index in [1.54, 1.807) is 0 Å². The van der Waals surface area contributed by atoms with Crippen LogP contribution in [-0.4, -0.2) is 48.0 Å². The largest absolute Gasteiger partial charge is 0.361 e. The van der Waals surface area contributed by atoms with Gasteiger partial charge in [-0.15, -0.1) is 0 Å². The van der Waals surface area contributed by atoms with Gasteiger partial charge in [0.2, 0.25) is 11.6 Å². The zero-order chi connectivity index (χ0) is 23.8. The maximum atomic E-state index is 10.2. The Morgan fingerprint density at radius 2 is 0.406 bits per heavy atom. The third kappa shape index (κ3) is 11.8. The Bertz CT molecular complexity index is 412. The molecule has 6 nitrogen and oxygen atoms in total. The highest BCUT2D eigenvalue weighted by molar-refractivity contribution is 4.93. The Morgan fingerprint density at radius 1 is 0.250 bits per heavy atom. The van der Waals surface area contributed by atoms with Gasteiger partial charge >= 0.3 is 0 Å². The van der Waals surface area contributed by atoms with Crippen LogP contribution in [0.25, 0.3) is 0 Å². The average Bonchev–Trinajstić information content (AvgIpc) is 2.73. The summed E-state index contributed by atoms with van der Waals surface area (Å²) in [7, 11) is 0. The quantitative estimate of drug-likeness (QED) is 0.282. The summed E-state index contributed by atoms with van der Waals surface area (Å²) >= 11 is 0. The number of hydrogen-bond acceptors (Lipinski definition) is 6. The molecule has 0 aromatic heterocycles. The molecule has 1 rings (SSSR count). The van der Waals surface area contributed by atoms with Gasteiger partial charge in [0, 0.05) is 12.8 Å². The van der Waals surface area contributed by atoms with E-state index in [4.69, 9.17) is 0 Å². The molecule has 0 aromatic rings. The maximum Gasteiger partial charge on any atom is 0.274 e. The third-order valence-electron chi connectivity index (χ3n) is 7.17. The number of hydrogen-bond donors (Lipinski definition) is 6. The molecule has 0 heterocycles. The fourth-order valence-corrected chi connectivity index (χ4v) is 4.77. The van der Waals surface area contributed by atoms with Gasteiger partial charge in [-0.05, 0) is 12.8 Å². The van der Waals surface area contributed by atoms with E-state index in [0.29, 0.717) is 12.8 Å². The van der Waals surface area contributed by atoms with Crippen molar-refractivity contribution in [3.63, 3.8) is 0 Å². The summed E-state index contributed by atoms with van der Waals surface area (Å²) < 4.78 is 0. The second-order valence-corrected chi connectivity index (χ2v) is 10.2. The van der Waals surface area contributed by atoms with Crippen molar-refractivity contribution >= 4 is 0 Å². The van der Waals surface area contributed by atoms with Gasteiger partial charge in [-0.2, -0.15) is 0 Å². The SMILES string of the molecule is OC1(O)CCCCCCCCCCCCCCCCCCCCCCCC(O)(O)C1(O)O. The molecule has 6 heteroatoms. The fraction of sp³-hybridized carbons (Fsp3) is 1.00. The Kier molecular flexibility index (Phi) is 15.3. The molecular weight excluding hydrogens is 408 g/mol. The molecule has 1 aliphatic carbocycles. The normalized spacial score (nSPS) is 26.8. The molecule has 6 N–H and O–H groups in total. The van der Waals surface area contributed by atoms with Crippen LogP contribution in [-0.2, 0) is 0 Å². The molecule has 0 amide bonds. The summed E-state index contributed by atoms with van der Waals surface area (Å²) in [5, 5.41) is 61.1. The summed E-state index contributed by atoms with van der Waals surface area (Å²) in [6, 6.07) is 0. The van der Waals surface area contributed by atoms with Gasteiger partial charge in [0.25, 0.3) is 5.79 Å². The fourth-order valence-electron chi connectivity index (χ4n) is 4.77. The van der Waals surface area contributed by atoms with Gasteiger partial charge in [-0.25, -0.2) is 0 Å². The molecule has 0 spiro atoms. The first-order valence-corrected chi connectivity index (χ1v) is 13.5. The minimum absolute atomic E-state index is 0.317. The predicted octanol–water partition coefficient (Wildman–Crippen LogP) is 5.02. The van der Waals surface area contributed by atoms with Crippen LogP contribution >= 0.6 is 0 Å². The van der Waals surface area contributed by atoms with Crippen molar-refractivity contribution in [2.75, 3.05) is 0 Å². The monoisotopic (exact) mass is 460 g/mol. The van der Waals surface area contributed by atoms with Crippen LogP contribution in [0.15, 0.2) is 0 Å². The van der Waals surface area contributed by atoms with Gasteiger partial charge in [-0.3, -0.25) is 0 Å². The minimum Gasteiger partial charge on any atom is -0.361 e. The van der Waals surface area contributed by atoms with Gasteiger partial charge in [0.1, 0.15) is 0 Å². The first-order chi connectivity index (χ1) is 15.2. The van der Waals surface area contributed by atoms with Crippen molar-refractivity contribution in [1.82, 2.24) is 0 Å². The maximum absolute atomic E-state index is 10.2. The van der Waals surface area contributed by atoms with E-state index in [9.17, 15) is 30.6 Å². The molecule has 0 radical (unpaired) electrons. The molecule has 1 saturated carbocycles.